The number of amides is 3. The van der Waals surface area contributed by atoms with Gasteiger partial charge in [-0.3, -0.25) is 14.4 Å². The Labute approximate surface area is 208 Å². The molecule has 1 N–H and O–H groups in total. The number of ether oxygens (including phenoxy) is 1. The van der Waals surface area contributed by atoms with Crippen LogP contribution in [0.25, 0.3) is 0 Å². The largest absolute Gasteiger partial charge is 0.492 e. The van der Waals surface area contributed by atoms with Gasteiger partial charge in [-0.05, 0) is 50.6 Å². The number of hydrogen-bond acceptors (Lipinski definition) is 8. The molecule has 0 saturated carbocycles. The molecule has 2 saturated heterocycles. The summed E-state index contributed by atoms with van der Waals surface area (Å²) >= 11 is 0. The fourth-order valence-corrected chi connectivity index (χ4v) is 6.59. The second-order valence-electron chi connectivity index (χ2n) is 9.64. The van der Waals surface area contributed by atoms with Gasteiger partial charge in [-0.2, -0.15) is 8.42 Å². The summed E-state index contributed by atoms with van der Waals surface area (Å²) in [6, 6.07) is 9.99. The number of benzene rings is 2. The van der Waals surface area contributed by atoms with E-state index in [0.717, 1.165) is 37.1 Å². The summed E-state index contributed by atoms with van der Waals surface area (Å²) < 4.78 is 36.5. The SMILES string of the molecule is O=C1CC[C@H](N2Cc3c(ccc4c3OCC43CCNCC3)C2=O)C(=O)N1OS(=O)(=O)c1ccccc1. The van der Waals surface area contributed by atoms with Crippen molar-refractivity contribution in [2.75, 3.05) is 19.7 Å². The topological polar surface area (TPSA) is 122 Å². The highest BCUT2D eigenvalue weighted by Crippen LogP contribution is 2.49. The molecule has 0 bridgehead atoms. The van der Waals surface area contributed by atoms with E-state index in [1.807, 2.05) is 6.07 Å². The lowest BCUT2D eigenvalue weighted by Gasteiger charge is -2.33. The Kier molecular flexibility index (Phi) is 5.39. The van der Waals surface area contributed by atoms with Crippen molar-refractivity contribution in [3.63, 3.8) is 0 Å². The van der Waals surface area contributed by atoms with Gasteiger partial charge < -0.3 is 15.0 Å². The number of rotatable bonds is 4. The molecule has 0 radical (unpaired) electrons. The summed E-state index contributed by atoms with van der Waals surface area (Å²) in [5, 5.41) is 3.66. The lowest BCUT2D eigenvalue weighted by Crippen LogP contribution is -2.54. The molecule has 188 valence electrons. The second kappa shape index (κ2) is 8.39. The molecule has 4 heterocycles. The summed E-state index contributed by atoms with van der Waals surface area (Å²) in [5.74, 6) is -1.28. The van der Waals surface area contributed by atoms with Crippen molar-refractivity contribution in [2.45, 2.75) is 48.6 Å². The Morgan fingerprint density at radius 2 is 1.78 bits per heavy atom. The van der Waals surface area contributed by atoms with Crippen LogP contribution in [0.3, 0.4) is 0 Å². The van der Waals surface area contributed by atoms with Crippen LogP contribution >= 0.6 is 0 Å². The number of piperidine rings is 2. The van der Waals surface area contributed by atoms with Gasteiger partial charge in [0.2, 0.25) is 0 Å². The van der Waals surface area contributed by atoms with Crippen molar-refractivity contribution >= 4 is 27.8 Å². The van der Waals surface area contributed by atoms with E-state index in [-0.39, 0.29) is 40.7 Å². The first-order valence-electron chi connectivity index (χ1n) is 12.0. The summed E-state index contributed by atoms with van der Waals surface area (Å²) in [6.45, 7) is 2.51. The van der Waals surface area contributed by atoms with Gasteiger partial charge in [-0.1, -0.05) is 24.3 Å². The minimum Gasteiger partial charge on any atom is -0.492 e. The Morgan fingerprint density at radius 1 is 1.03 bits per heavy atom. The minimum absolute atomic E-state index is 0.0738. The molecule has 36 heavy (non-hydrogen) atoms. The van der Waals surface area contributed by atoms with Crippen molar-refractivity contribution in [1.29, 1.82) is 0 Å². The molecular weight excluding hydrogens is 486 g/mol. The average Bonchev–Trinajstić information content (AvgIpc) is 3.41. The van der Waals surface area contributed by atoms with E-state index in [1.54, 1.807) is 12.1 Å². The highest BCUT2D eigenvalue weighted by Gasteiger charge is 2.48. The lowest BCUT2D eigenvalue weighted by atomic mass is 9.74. The van der Waals surface area contributed by atoms with Gasteiger partial charge in [0.1, 0.15) is 11.8 Å². The molecule has 3 amide bonds. The highest BCUT2D eigenvalue weighted by molar-refractivity contribution is 7.86. The fourth-order valence-electron chi connectivity index (χ4n) is 5.66. The zero-order chi connectivity index (χ0) is 25.1. The second-order valence-corrected chi connectivity index (χ2v) is 11.2. The first kappa shape index (κ1) is 23.1. The predicted octanol–water partition coefficient (Wildman–Crippen LogP) is 1.49. The van der Waals surface area contributed by atoms with Crippen LogP contribution in [0.15, 0.2) is 47.4 Å². The quantitative estimate of drug-likeness (QED) is 0.613. The summed E-state index contributed by atoms with van der Waals surface area (Å²) in [7, 11) is -4.41. The number of carbonyl (C=O) groups is 3. The van der Waals surface area contributed by atoms with Crippen LogP contribution in [0.1, 0.15) is 47.2 Å². The van der Waals surface area contributed by atoms with Crippen molar-refractivity contribution in [2.24, 2.45) is 0 Å². The van der Waals surface area contributed by atoms with E-state index in [2.05, 4.69) is 5.32 Å². The molecule has 10 nitrogen and oxygen atoms in total. The molecule has 6 rings (SSSR count). The van der Waals surface area contributed by atoms with Gasteiger partial charge in [-0.15, -0.1) is 9.35 Å². The molecule has 1 spiro atoms. The van der Waals surface area contributed by atoms with Crippen molar-refractivity contribution in [3.05, 3.63) is 59.2 Å². The molecule has 4 aliphatic rings. The van der Waals surface area contributed by atoms with Crippen molar-refractivity contribution < 1.29 is 31.8 Å². The lowest BCUT2D eigenvalue weighted by molar-refractivity contribution is -0.179. The molecule has 2 aromatic carbocycles. The molecule has 2 aromatic rings. The van der Waals surface area contributed by atoms with E-state index in [1.165, 1.54) is 29.2 Å². The summed E-state index contributed by atoms with van der Waals surface area (Å²) in [6.07, 6.45) is 1.84. The summed E-state index contributed by atoms with van der Waals surface area (Å²) in [5.41, 5.74) is 2.23. The van der Waals surface area contributed by atoms with Crippen LogP contribution in [0.2, 0.25) is 0 Å². The van der Waals surface area contributed by atoms with Gasteiger partial charge in [-0.25, -0.2) is 0 Å². The Bertz CT molecular complexity index is 1370. The smallest absolute Gasteiger partial charge is 0.318 e. The number of fused-ring (bicyclic) bond motifs is 4. The third-order valence-electron chi connectivity index (χ3n) is 7.63. The molecule has 2 fully saturated rings. The van der Waals surface area contributed by atoms with Crippen LogP contribution in [0.4, 0.5) is 0 Å². The standard InChI is InChI=1S/C25H25N3O7S/c29-21-9-8-20(24(31)28(21)35-36(32,33)16-4-2-1-3-5-16)27-14-18-17(23(27)30)6-7-19-22(18)34-15-25(19)10-12-26-13-11-25/h1-7,20,26H,8-15H2/t20-/m0/s1. The molecular formula is C25H25N3O7S. The van der Waals surface area contributed by atoms with Crippen LogP contribution in [0, 0.1) is 0 Å². The van der Waals surface area contributed by atoms with E-state index in [9.17, 15) is 22.8 Å². The Morgan fingerprint density at radius 3 is 2.53 bits per heavy atom. The molecule has 0 aromatic heterocycles. The highest BCUT2D eigenvalue weighted by atomic mass is 32.2. The van der Waals surface area contributed by atoms with Crippen LogP contribution in [-0.4, -0.2) is 61.8 Å². The van der Waals surface area contributed by atoms with Crippen molar-refractivity contribution in [1.82, 2.24) is 15.3 Å². The van der Waals surface area contributed by atoms with Gasteiger partial charge in [0, 0.05) is 28.5 Å². The molecule has 1 atom stereocenters. The average molecular weight is 512 g/mol. The number of imide groups is 1. The first-order valence-corrected chi connectivity index (χ1v) is 13.4. The normalized spacial score (nSPS) is 23.1. The Hall–Kier alpha value is -3.28. The minimum atomic E-state index is -4.41. The van der Waals surface area contributed by atoms with E-state index >= 15 is 0 Å². The van der Waals surface area contributed by atoms with Gasteiger partial charge in [0.05, 0.1) is 18.0 Å². The van der Waals surface area contributed by atoms with Crippen LogP contribution in [-0.2, 0) is 36.0 Å². The zero-order valence-corrected chi connectivity index (χ0v) is 20.3. The van der Waals surface area contributed by atoms with Gasteiger partial charge in [0.25, 0.3) is 17.7 Å². The van der Waals surface area contributed by atoms with Gasteiger partial charge >= 0.3 is 10.1 Å². The van der Waals surface area contributed by atoms with E-state index in [4.69, 9.17) is 9.02 Å². The van der Waals surface area contributed by atoms with E-state index in [0.29, 0.717) is 17.9 Å². The molecule has 0 unspecified atom stereocenters. The number of nitrogens with zero attached hydrogens (tertiary/aromatic N) is 2. The maximum atomic E-state index is 13.3. The Balaban J connectivity index is 1.26. The molecule has 4 aliphatic heterocycles. The monoisotopic (exact) mass is 511 g/mol. The third kappa shape index (κ3) is 3.53. The zero-order valence-electron chi connectivity index (χ0n) is 19.4. The number of carbonyl (C=O) groups excluding carboxylic acids is 3. The van der Waals surface area contributed by atoms with Gasteiger partial charge in [0.15, 0.2) is 0 Å². The maximum absolute atomic E-state index is 13.3. The van der Waals surface area contributed by atoms with Crippen molar-refractivity contribution in [3.8, 4) is 5.75 Å². The first-order chi connectivity index (χ1) is 17.3. The summed E-state index contributed by atoms with van der Waals surface area (Å²) in [4.78, 5) is 40.3. The number of hydrogen-bond donors (Lipinski definition) is 1. The maximum Gasteiger partial charge on any atom is 0.318 e. The molecule has 0 aliphatic carbocycles. The fraction of sp³-hybridized carbons (Fsp3) is 0.400. The molecule has 11 heteroatoms. The number of hydroxylamine groups is 2. The van der Waals surface area contributed by atoms with Crippen LogP contribution < -0.4 is 10.1 Å². The third-order valence-corrected chi connectivity index (χ3v) is 8.82. The predicted molar refractivity (Wildman–Crippen MR) is 125 cm³/mol. The van der Waals surface area contributed by atoms with Crippen LogP contribution in [0.5, 0.6) is 5.75 Å². The number of nitrogens with one attached hydrogen (secondary N) is 1. The van der Waals surface area contributed by atoms with E-state index < -0.39 is 28.0 Å².